The molecule has 1 aliphatic rings. The zero-order valence-corrected chi connectivity index (χ0v) is 15.0. The molecule has 6 nitrogen and oxygen atoms in total. The lowest BCUT2D eigenvalue weighted by Gasteiger charge is -2.25. The first-order chi connectivity index (χ1) is 12.8. The molecule has 1 heterocycles. The van der Waals surface area contributed by atoms with Crippen LogP contribution >= 0.6 is 11.6 Å². The van der Waals surface area contributed by atoms with Crippen LogP contribution in [0.5, 0.6) is 0 Å². The summed E-state index contributed by atoms with van der Waals surface area (Å²) in [7, 11) is 0. The van der Waals surface area contributed by atoms with Gasteiger partial charge in [-0.15, -0.1) is 5.10 Å². The van der Waals surface area contributed by atoms with Crippen molar-refractivity contribution in [3.63, 3.8) is 0 Å². The molecule has 0 radical (unpaired) electrons. The second-order valence-corrected chi connectivity index (χ2v) is 7.16. The molecule has 146 valence electrons. The Balaban J connectivity index is 1.89. The minimum absolute atomic E-state index is 0.0415. The minimum Gasteiger partial charge on any atom is -0.481 e. The van der Waals surface area contributed by atoms with Crippen LogP contribution in [0.4, 0.5) is 13.2 Å². The van der Waals surface area contributed by atoms with Gasteiger partial charge in [0, 0.05) is 0 Å². The zero-order chi connectivity index (χ0) is 19.6. The number of alkyl halides is 3. The Morgan fingerprint density at radius 1 is 1.30 bits per heavy atom. The fourth-order valence-corrected chi connectivity index (χ4v) is 3.84. The summed E-state index contributed by atoms with van der Waals surface area (Å²) in [5, 5.41) is 19.0. The summed E-state index contributed by atoms with van der Waals surface area (Å²) in [6.07, 6.45) is 1.10. The van der Waals surface area contributed by atoms with Crippen molar-refractivity contribution in [1.82, 2.24) is 20.2 Å². The summed E-state index contributed by atoms with van der Waals surface area (Å²) < 4.78 is 39.5. The molecule has 0 spiro atoms. The lowest BCUT2D eigenvalue weighted by Crippen LogP contribution is -2.18. The molecule has 0 saturated heterocycles. The van der Waals surface area contributed by atoms with Crippen LogP contribution in [0, 0.1) is 5.92 Å². The van der Waals surface area contributed by atoms with Gasteiger partial charge >= 0.3 is 12.1 Å². The number of halogens is 4. The Kier molecular flexibility index (Phi) is 5.69. The van der Waals surface area contributed by atoms with E-state index in [1.807, 2.05) is 0 Å². The van der Waals surface area contributed by atoms with E-state index in [2.05, 4.69) is 15.5 Å². The lowest BCUT2D eigenvalue weighted by molar-refractivity contribution is -0.146. The average molecular weight is 403 g/mol. The largest absolute Gasteiger partial charge is 0.481 e. The molecule has 1 atom stereocenters. The number of benzene rings is 1. The van der Waals surface area contributed by atoms with E-state index in [0.717, 1.165) is 25.7 Å². The van der Waals surface area contributed by atoms with Gasteiger partial charge in [0.15, 0.2) is 0 Å². The van der Waals surface area contributed by atoms with Crippen LogP contribution in [-0.2, 0) is 11.0 Å². The molecule has 10 heteroatoms. The van der Waals surface area contributed by atoms with Crippen molar-refractivity contribution < 1.29 is 23.1 Å². The topological polar surface area (TPSA) is 80.9 Å². The molecule has 2 aromatic rings. The number of aromatic nitrogens is 4. The first-order valence-corrected chi connectivity index (χ1v) is 9.03. The van der Waals surface area contributed by atoms with E-state index >= 15 is 0 Å². The SMILES string of the molecule is O=C(O)C(CC1CCCCC1)c1ccc(-n2nnnc2C(F)(F)F)c(Cl)c1. The standard InChI is InChI=1S/C17H18ClF3N4O2/c18-13-9-11(12(15(26)27)8-10-4-2-1-3-5-10)6-7-14(13)25-16(17(19,20)21)22-23-24-25/h6-7,9-10,12H,1-5,8H2,(H,26,27). The second kappa shape index (κ2) is 7.84. The van der Waals surface area contributed by atoms with Gasteiger partial charge in [0.05, 0.1) is 16.6 Å². The van der Waals surface area contributed by atoms with Gasteiger partial charge in [0.25, 0.3) is 5.82 Å². The van der Waals surface area contributed by atoms with Crippen LogP contribution in [0.25, 0.3) is 5.69 Å². The third kappa shape index (κ3) is 4.40. The maximum Gasteiger partial charge on any atom is 0.453 e. The number of carboxylic acid groups (broad SMARTS) is 1. The van der Waals surface area contributed by atoms with Crippen molar-refractivity contribution in [1.29, 1.82) is 0 Å². The summed E-state index contributed by atoms with van der Waals surface area (Å²) in [6, 6.07) is 4.19. The van der Waals surface area contributed by atoms with E-state index in [0.29, 0.717) is 22.6 Å². The van der Waals surface area contributed by atoms with Crippen LogP contribution in [0.15, 0.2) is 18.2 Å². The zero-order valence-electron chi connectivity index (χ0n) is 14.3. The molecule has 1 fully saturated rings. The molecular weight excluding hydrogens is 385 g/mol. The molecule has 1 aromatic heterocycles. The number of carboxylic acids is 1. The number of rotatable bonds is 5. The first-order valence-electron chi connectivity index (χ1n) is 8.65. The van der Waals surface area contributed by atoms with Gasteiger partial charge in [0.2, 0.25) is 0 Å². The van der Waals surface area contributed by atoms with Crippen molar-refractivity contribution in [2.75, 3.05) is 0 Å². The molecular formula is C17H18ClF3N4O2. The highest BCUT2D eigenvalue weighted by atomic mass is 35.5. The van der Waals surface area contributed by atoms with Crippen molar-refractivity contribution in [2.24, 2.45) is 5.92 Å². The number of hydrogen-bond donors (Lipinski definition) is 1. The monoisotopic (exact) mass is 402 g/mol. The highest BCUT2D eigenvalue weighted by Crippen LogP contribution is 2.36. The van der Waals surface area contributed by atoms with Crippen LogP contribution in [0.2, 0.25) is 5.02 Å². The fraction of sp³-hybridized carbons (Fsp3) is 0.529. The second-order valence-electron chi connectivity index (χ2n) is 6.75. The third-order valence-electron chi connectivity index (χ3n) is 4.92. The normalized spacial score (nSPS) is 17.0. The number of tetrazole rings is 1. The molecule has 0 aliphatic heterocycles. The molecule has 3 rings (SSSR count). The van der Waals surface area contributed by atoms with E-state index in [4.69, 9.17) is 11.6 Å². The molecule has 0 bridgehead atoms. The highest BCUT2D eigenvalue weighted by molar-refractivity contribution is 6.32. The van der Waals surface area contributed by atoms with Crippen molar-refractivity contribution in [2.45, 2.75) is 50.6 Å². The maximum atomic E-state index is 13.0. The van der Waals surface area contributed by atoms with E-state index in [1.54, 1.807) is 0 Å². The number of nitrogens with zero attached hydrogens (tertiary/aromatic N) is 4. The Bertz CT molecular complexity index is 819. The van der Waals surface area contributed by atoms with Gasteiger partial charge in [-0.3, -0.25) is 4.79 Å². The van der Waals surface area contributed by atoms with Crippen molar-refractivity contribution in [3.8, 4) is 5.69 Å². The minimum atomic E-state index is -4.74. The number of aliphatic carboxylic acids is 1. The summed E-state index contributed by atoms with van der Waals surface area (Å²) in [4.78, 5) is 11.8. The van der Waals surface area contributed by atoms with Gasteiger partial charge in [-0.05, 0) is 40.5 Å². The Morgan fingerprint density at radius 2 is 2.00 bits per heavy atom. The van der Waals surface area contributed by atoms with Gasteiger partial charge in [-0.25, -0.2) is 0 Å². The Labute approximate surface area is 158 Å². The molecule has 1 N–H and O–H groups in total. The van der Waals surface area contributed by atoms with Gasteiger partial charge < -0.3 is 5.11 Å². The Morgan fingerprint density at radius 3 is 2.59 bits per heavy atom. The van der Waals surface area contributed by atoms with E-state index < -0.39 is 23.9 Å². The van der Waals surface area contributed by atoms with E-state index in [-0.39, 0.29) is 10.7 Å². The van der Waals surface area contributed by atoms with Gasteiger partial charge in [-0.2, -0.15) is 17.9 Å². The van der Waals surface area contributed by atoms with E-state index in [9.17, 15) is 23.1 Å². The fourth-order valence-electron chi connectivity index (χ4n) is 3.57. The van der Waals surface area contributed by atoms with Crippen molar-refractivity contribution in [3.05, 3.63) is 34.6 Å². The van der Waals surface area contributed by atoms with Crippen LogP contribution in [-0.4, -0.2) is 31.3 Å². The molecule has 0 amide bonds. The van der Waals surface area contributed by atoms with Crippen molar-refractivity contribution >= 4 is 17.6 Å². The van der Waals surface area contributed by atoms with E-state index in [1.165, 1.54) is 24.6 Å². The van der Waals surface area contributed by atoms with Crippen LogP contribution in [0.3, 0.4) is 0 Å². The smallest absolute Gasteiger partial charge is 0.453 e. The maximum absolute atomic E-state index is 13.0. The molecule has 1 aliphatic carbocycles. The third-order valence-corrected chi connectivity index (χ3v) is 5.22. The average Bonchev–Trinajstić information content (AvgIpc) is 3.10. The van der Waals surface area contributed by atoms with Crippen LogP contribution < -0.4 is 0 Å². The summed E-state index contributed by atoms with van der Waals surface area (Å²) in [5.74, 6) is -2.69. The van der Waals surface area contributed by atoms with Gasteiger partial charge in [-0.1, -0.05) is 49.8 Å². The predicted molar refractivity (Wildman–Crippen MR) is 90.7 cm³/mol. The summed E-state index contributed by atoms with van der Waals surface area (Å²) in [6.45, 7) is 0. The predicted octanol–water partition coefficient (Wildman–Crippen LogP) is 4.47. The number of hydrogen-bond acceptors (Lipinski definition) is 4. The Hall–Kier alpha value is -2.16. The lowest BCUT2D eigenvalue weighted by atomic mass is 9.80. The number of carbonyl (C=O) groups is 1. The molecule has 1 unspecified atom stereocenters. The quantitative estimate of drug-likeness (QED) is 0.797. The summed E-state index contributed by atoms with van der Waals surface area (Å²) in [5.41, 5.74) is 0.406. The molecule has 27 heavy (non-hydrogen) atoms. The first kappa shape index (κ1) is 19.6. The summed E-state index contributed by atoms with van der Waals surface area (Å²) >= 11 is 6.16. The van der Waals surface area contributed by atoms with Gasteiger partial charge in [0.1, 0.15) is 0 Å². The molecule has 1 saturated carbocycles. The molecule has 1 aromatic carbocycles. The van der Waals surface area contributed by atoms with Crippen LogP contribution in [0.1, 0.15) is 55.8 Å². The highest BCUT2D eigenvalue weighted by Gasteiger charge is 2.39.